The topological polar surface area (TPSA) is 59.5 Å². The van der Waals surface area contributed by atoms with Crippen molar-refractivity contribution in [2.45, 2.75) is 25.7 Å². The van der Waals surface area contributed by atoms with E-state index in [2.05, 4.69) is 20.2 Å². The highest BCUT2D eigenvalue weighted by Gasteiger charge is 2.09. The summed E-state index contributed by atoms with van der Waals surface area (Å²) in [5.74, 6) is 1.57. The minimum absolute atomic E-state index is 0.508. The van der Waals surface area contributed by atoms with Gasteiger partial charge in [0.15, 0.2) is 0 Å². The van der Waals surface area contributed by atoms with Gasteiger partial charge in [0.1, 0.15) is 0 Å². The molecule has 0 spiro atoms. The van der Waals surface area contributed by atoms with Gasteiger partial charge in [-0.05, 0) is 25.9 Å². The molecule has 0 saturated carbocycles. The number of likely N-dealkylation sites (tertiary alicyclic amines) is 1. The van der Waals surface area contributed by atoms with Crippen molar-refractivity contribution in [3.63, 3.8) is 0 Å². The first-order valence-corrected chi connectivity index (χ1v) is 7.25. The van der Waals surface area contributed by atoms with E-state index < -0.39 is 0 Å². The second-order valence-corrected chi connectivity index (χ2v) is 4.96. The molecule has 2 rings (SSSR count). The SMILES string of the molecule is COc1cc(OC)nc(NCCN2CCCCCC2)n1. The maximum Gasteiger partial charge on any atom is 0.229 e. The number of rotatable bonds is 6. The quantitative estimate of drug-likeness (QED) is 0.857. The number of aromatic nitrogens is 2. The van der Waals surface area contributed by atoms with Gasteiger partial charge >= 0.3 is 0 Å². The van der Waals surface area contributed by atoms with Crippen LogP contribution in [0.5, 0.6) is 11.8 Å². The van der Waals surface area contributed by atoms with Gasteiger partial charge in [0.2, 0.25) is 17.7 Å². The summed E-state index contributed by atoms with van der Waals surface area (Å²) >= 11 is 0. The van der Waals surface area contributed by atoms with Crippen LogP contribution in [0, 0.1) is 0 Å². The Balaban J connectivity index is 1.83. The van der Waals surface area contributed by atoms with Crippen LogP contribution >= 0.6 is 0 Å². The Bertz CT molecular complexity index is 384. The number of nitrogens with zero attached hydrogens (tertiary/aromatic N) is 3. The summed E-state index contributed by atoms with van der Waals surface area (Å²) in [6, 6.07) is 1.67. The largest absolute Gasteiger partial charge is 0.481 e. The van der Waals surface area contributed by atoms with Crippen molar-refractivity contribution in [1.29, 1.82) is 0 Å². The molecule has 1 aliphatic heterocycles. The van der Waals surface area contributed by atoms with E-state index in [1.54, 1.807) is 20.3 Å². The van der Waals surface area contributed by atoms with Crippen LogP contribution in [0.4, 0.5) is 5.95 Å². The van der Waals surface area contributed by atoms with Gasteiger partial charge in [-0.2, -0.15) is 9.97 Å². The number of anilines is 1. The highest BCUT2D eigenvalue weighted by molar-refractivity contribution is 5.33. The molecule has 1 aliphatic rings. The molecule has 20 heavy (non-hydrogen) atoms. The molecule has 0 unspecified atom stereocenters. The average Bonchev–Trinajstić information content (AvgIpc) is 2.75. The highest BCUT2D eigenvalue weighted by Crippen LogP contribution is 2.17. The molecule has 0 aliphatic carbocycles. The molecule has 1 fully saturated rings. The summed E-state index contributed by atoms with van der Waals surface area (Å²) < 4.78 is 10.3. The Morgan fingerprint density at radius 1 is 1.05 bits per heavy atom. The summed E-state index contributed by atoms with van der Waals surface area (Å²) in [5, 5.41) is 3.24. The summed E-state index contributed by atoms with van der Waals surface area (Å²) in [6.07, 6.45) is 5.34. The van der Waals surface area contributed by atoms with E-state index in [0.717, 1.165) is 13.1 Å². The van der Waals surface area contributed by atoms with Gasteiger partial charge in [-0.1, -0.05) is 12.8 Å². The lowest BCUT2D eigenvalue weighted by Gasteiger charge is -2.19. The summed E-state index contributed by atoms with van der Waals surface area (Å²) in [4.78, 5) is 11.0. The van der Waals surface area contributed by atoms with Gasteiger partial charge in [0, 0.05) is 13.1 Å². The van der Waals surface area contributed by atoms with E-state index in [4.69, 9.17) is 9.47 Å². The molecule has 0 amide bonds. The molecule has 1 N–H and O–H groups in total. The van der Waals surface area contributed by atoms with Crippen molar-refractivity contribution in [2.24, 2.45) is 0 Å². The third kappa shape index (κ3) is 4.52. The first kappa shape index (κ1) is 14.8. The molecule has 0 atom stereocenters. The number of methoxy groups -OCH3 is 2. The molecule has 1 saturated heterocycles. The van der Waals surface area contributed by atoms with Crippen LogP contribution in [0.3, 0.4) is 0 Å². The fourth-order valence-electron chi connectivity index (χ4n) is 2.38. The lowest BCUT2D eigenvalue weighted by atomic mass is 10.2. The second kappa shape index (κ2) is 7.89. The normalized spacial score (nSPS) is 16.5. The lowest BCUT2D eigenvalue weighted by Crippen LogP contribution is -2.30. The van der Waals surface area contributed by atoms with E-state index in [1.807, 2.05) is 0 Å². The molecule has 0 aromatic carbocycles. The monoisotopic (exact) mass is 280 g/mol. The first-order valence-electron chi connectivity index (χ1n) is 7.25. The molecule has 2 heterocycles. The number of ether oxygens (including phenoxy) is 2. The predicted molar refractivity (Wildman–Crippen MR) is 78.5 cm³/mol. The highest BCUT2D eigenvalue weighted by atomic mass is 16.5. The molecule has 1 aromatic heterocycles. The summed E-state index contributed by atoms with van der Waals surface area (Å²) in [5.41, 5.74) is 0. The third-order valence-corrected chi connectivity index (χ3v) is 3.51. The zero-order chi connectivity index (χ0) is 14.2. The van der Waals surface area contributed by atoms with Crippen LogP contribution in [0.25, 0.3) is 0 Å². The fourth-order valence-corrected chi connectivity index (χ4v) is 2.38. The van der Waals surface area contributed by atoms with E-state index in [0.29, 0.717) is 17.7 Å². The standard InChI is InChI=1S/C14H24N4O2/c1-19-12-11-13(20-2)17-14(16-12)15-7-10-18-8-5-3-4-6-9-18/h11H,3-10H2,1-2H3,(H,15,16,17). The molecule has 1 aromatic rings. The van der Waals surface area contributed by atoms with Crippen molar-refractivity contribution in [2.75, 3.05) is 45.7 Å². The lowest BCUT2D eigenvalue weighted by molar-refractivity contribution is 0.296. The van der Waals surface area contributed by atoms with Gasteiger partial charge < -0.3 is 19.7 Å². The molecular formula is C14H24N4O2. The number of hydrogen-bond donors (Lipinski definition) is 1. The molecular weight excluding hydrogens is 256 g/mol. The van der Waals surface area contributed by atoms with Crippen LogP contribution in [-0.2, 0) is 0 Å². The minimum Gasteiger partial charge on any atom is -0.481 e. The second-order valence-electron chi connectivity index (χ2n) is 4.96. The fraction of sp³-hybridized carbons (Fsp3) is 0.714. The molecule has 112 valence electrons. The average molecular weight is 280 g/mol. The van der Waals surface area contributed by atoms with Crippen molar-refractivity contribution in [1.82, 2.24) is 14.9 Å². The third-order valence-electron chi connectivity index (χ3n) is 3.51. The van der Waals surface area contributed by atoms with E-state index in [1.165, 1.54) is 38.8 Å². The number of hydrogen-bond acceptors (Lipinski definition) is 6. The predicted octanol–water partition coefficient (Wildman–Crippen LogP) is 1.78. The van der Waals surface area contributed by atoms with Crippen LogP contribution in [0.15, 0.2) is 6.07 Å². The maximum absolute atomic E-state index is 5.13. The smallest absolute Gasteiger partial charge is 0.229 e. The van der Waals surface area contributed by atoms with Crippen molar-refractivity contribution in [3.8, 4) is 11.8 Å². The maximum atomic E-state index is 5.13. The van der Waals surface area contributed by atoms with Crippen LogP contribution in [0.1, 0.15) is 25.7 Å². The van der Waals surface area contributed by atoms with Gasteiger partial charge in [-0.15, -0.1) is 0 Å². The van der Waals surface area contributed by atoms with Gasteiger partial charge in [0.05, 0.1) is 20.3 Å². The van der Waals surface area contributed by atoms with Crippen LogP contribution < -0.4 is 14.8 Å². The molecule has 6 nitrogen and oxygen atoms in total. The van der Waals surface area contributed by atoms with Crippen LogP contribution in [-0.4, -0.2) is 55.3 Å². The Morgan fingerprint density at radius 3 is 2.20 bits per heavy atom. The first-order chi connectivity index (χ1) is 9.81. The van der Waals surface area contributed by atoms with Gasteiger partial charge in [0.25, 0.3) is 0 Å². The van der Waals surface area contributed by atoms with E-state index in [9.17, 15) is 0 Å². The Labute approximate surface area is 120 Å². The van der Waals surface area contributed by atoms with Crippen molar-refractivity contribution in [3.05, 3.63) is 6.07 Å². The zero-order valence-corrected chi connectivity index (χ0v) is 12.4. The van der Waals surface area contributed by atoms with Crippen molar-refractivity contribution >= 4 is 5.95 Å². The minimum atomic E-state index is 0.508. The van der Waals surface area contributed by atoms with Gasteiger partial charge in [-0.25, -0.2) is 0 Å². The van der Waals surface area contributed by atoms with E-state index in [-0.39, 0.29) is 0 Å². The zero-order valence-electron chi connectivity index (χ0n) is 12.4. The Kier molecular flexibility index (Phi) is 5.86. The molecule has 6 heteroatoms. The van der Waals surface area contributed by atoms with Gasteiger partial charge in [-0.3, -0.25) is 0 Å². The number of nitrogens with one attached hydrogen (secondary N) is 1. The summed E-state index contributed by atoms with van der Waals surface area (Å²) in [7, 11) is 3.17. The summed E-state index contributed by atoms with van der Waals surface area (Å²) in [6.45, 7) is 4.24. The Morgan fingerprint density at radius 2 is 1.65 bits per heavy atom. The van der Waals surface area contributed by atoms with Crippen LogP contribution in [0.2, 0.25) is 0 Å². The van der Waals surface area contributed by atoms with E-state index >= 15 is 0 Å². The van der Waals surface area contributed by atoms with Crippen molar-refractivity contribution < 1.29 is 9.47 Å². The molecule has 0 radical (unpaired) electrons. The Hall–Kier alpha value is -1.56. The molecule has 0 bridgehead atoms.